The molecule has 0 heterocycles. The summed E-state index contributed by atoms with van der Waals surface area (Å²) in [5.41, 5.74) is 2.14. The maximum absolute atomic E-state index is 12.9. The van der Waals surface area contributed by atoms with Crippen LogP contribution >= 0.6 is 0 Å². The number of esters is 1. The van der Waals surface area contributed by atoms with E-state index in [2.05, 4.69) is 16.8 Å². The summed E-state index contributed by atoms with van der Waals surface area (Å²) in [4.78, 5) is 24.5. The number of aliphatic hydroxyl groups excluding tert-OH is 1. The monoisotopic (exact) mass is 464 g/mol. The lowest BCUT2D eigenvalue weighted by Gasteiger charge is -2.03. The number of ether oxygens (including phenoxy) is 1. The number of carbonyl (C=O) groups excluding carboxylic acids is 2. The first kappa shape index (κ1) is 24.8. The quantitative estimate of drug-likeness (QED) is 0.0920. The largest absolute Gasteiger partial charge is 0.505 e. The van der Waals surface area contributed by atoms with Crippen molar-refractivity contribution in [3.63, 3.8) is 0 Å². The molecule has 3 aromatic carbocycles. The smallest absolute Gasteiger partial charge is 0.338 e. The molecule has 0 saturated heterocycles. The van der Waals surface area contributed by atoms with E-state index in [0.717, 1.165) is 11.1 Å². The molecule has 0 aliphatic carbocycles. The van der Waals surface area contributed by atoms with Crippen LogP contribution in [0.25, 0.3) is 12.2 Å². The third kappa shape index (κ3) is 7.91. The maximum Gasteiger partial charge on any atom is 0.338 e. The van der Waals surface area contributed by atoms with Crippen LogP contribution in [-0.2, 0) is 9.59 Å². The van der Waals surface area contributed by atoms with Crippen LogP contribution in [0.3, 0.4) is 0 Å². The van der Waals surface area contributed by atoms with Gasteiger partial charge < -0.3 is 9.84 Å². The van der Waals surface area contributed by atoms with Gasteiger partial charge in [-0.1, -0.05) is 79.4 Å². The van der Waals surface area contributed by atoms with Gasteiger partial charge >= 0.3 is 5.97 Å². The molecule has 3 aromatic rings. The van der Waals surface area contributed by atoms with Crippen molar-refractivity contribution in [2.24, 2.45) is 10.2 Å². The summed E-state index contributed by atoms with van der Waals surface area (Å²) in [6, 6.07) is 24.9. The van der Waals surface area contributed by atoms with Crippen LogP contribution in [-0.4, -0.2) is 16.9 Å². The van der Waals surface area contributed by atoms with Crippen LogP contribution in [0, 0.1) is 0 Å². The van der Waals surface area contributed by atoms with E-state index in [1.165, 1.54) is 12.2 Å². The van der Waals surface area contributed by atoms with Gasteiger partial charge in [-0.25, -0.2) is 4.79 Å². The Labute approximate surface area is 203 Å². The molecule has 0 aliphatic heterocycles. The van der Waals surface area contributed by atoms with Gasteiger partial charge in [-0.3, -0.25) is 4.79 Å². The number of hydrogen-bond donors (Lipinski definition) is 1. The maximum atomic E-state index is 12.9. The highest BCUT2D eigenvalue weighted by Crippen LogP contribution is 2.21. The number of nitrogens with zero attached hydrogens (tertiary/aromatic N) is 2. The third-order valence-electron chi connectivity index (χ3n) is 4.60. The van der Waals surface area contributed by atoms with E-state index in [9.17, 15) is 14.7 Å². The Morgan fingerprint density at radius 2 is 1.37 bits per heavy atom. The molecule has 0 amide bonds. The minimum absolute atomic E-state index is 0.220. The van der Waals surface area contributed by atoms with E-state index in [0.29, 0.717) is 11.4 Å². The lowest BCUT2D eigenvalue weighted by molar-refractivity contribution is -0.130. The average molecular weight is 465 g/mol. The van der Waals surface area contributed by atoms with Crippen molar-refractivity contribution in [1.29, 1.82) is 0 Å². The highest BCUT2D eigenvalue weighted by molar-refractivity contribution is 6.06. The average Bonchev–Trinajstić information content (AvgIpc) is 2.88. The molecule has 0 bridgehead atoms. The summed E-state index contributed by atoms with van der Waals surface area (Å²) in [7, 11) is 0. The molecular formula is C29H24N2O4. The van der Waals surface area contributed by atoms with Gasteiger partial charge in [0.25, 0.3) is 0 Å². The van der Waals surface area contributed by atoms with Crippen LogP contribution in [0.15, 0.2) is 131 Å². The number of ketones is 1. The molecule has 0 radical (unpaired) electrons. The molecule has 3 rings (SSSR count). The second-order valence-corrected chi connectivity index (χ2v) is 7.45. The van der Waals surface area contributed by atoms with E-state index in [4.69, 9.17) is 4.74 Å². The summed E-state index contributed by atoms with van der Waals surface area (Å²) in [6.07, 6.45) is 6.04. The molecule has 1 N–H and O–H groups in total. The topological polar surface area (TPSA) is 88.3 Å². The summed E-state index contributed by atoms with van der Waals surface area (Å²) in [5.74, 6) is -1.05. The van der Waals surface area contributed by atoms with Crippen molar-refractivity contribution >= 4 is 29.6 Å². The van der Waals surface area contributed by atoms with Gasteiger partial charge in [0.1, 0.15) is 11.5 Å². The van der Waals surface area contributed by atoms with Gasteiger partial charge in [-0.2, -0.15) is 5.11 Å². The van der Waals surface area contributed by atoms with Crippen LogP contribution in [0.4, 0.5) is 5.69 Å². The predicted octanol–water partition coefficient (Wildman–Crippen LogP) is 7.02. The molecule has 6 nitrogen and oxygen atoms in total. The van der Waals surface area contributed by atoms with Gasteiger partial charge in [-0.15, -0.1) is 5.11 Å². The number of rotatable bonds is 9. The lowest BCUT2D eigenvalue weighted by Crippen LogP contribution is -2.07. The second-order valence-electron chi connectivity index (χ2n) is 7.45. The highest BCUT2D eigenvalue weighted by Gasteiger charge is 2.12. The molecule has 0 aromatic heterocycles. The van der Waals surface area contributed by atoms with Crippen molar-refractivity contribution in [3.05, 3.63) is 132 Å². The van der Waals surface area contributed by atoms with Crippen LogP contribution in [0.1, 0.15) is 18.1 Å². The molecule has 174 valence electrons. The van der Waals surface area contributed by atoms with E-state index in [1.807, 2.05) is 60.7 Å². The van der Waals surface area contributed by atoms with Crippen molar-refractivity contribution in [3.8, 4) is 5.75 Å². The van der Waals surface area contributed by atoms with Crippen LogP contribution in [0.5, 0.6) is 5.75 Å². The zero-order chi connectivity index (χ0) is 25.0. The SMILES string of the molecule is C=C(C)C(=O)Oc1ccc(N=NC(C(=O)/C=C/c2ccccc2)=C(O)/C=C/c2ccccc2)cc1. The molecule has 0 atom stereocenters. The second kappa shape index (κ2) is 12.4. The summed E-state index contributed by atoms with van der Waals surface area (Å²) >= 11 is 0. The van der Waals surface area contributed by atoms with Crippen molar-refractivity contribution < 1.29 is 19.4 Å². The first-order valence-electron chi connectivity index (χ1n) is 10.8. The molecule has 6 heteroatoms. The standard InChI is InChI=1S/C29H24N2O4/c1-21(2)29(34)35-25-17-15-24(16-18-25)30-31-28(26(32)19-13-22-9-5-3-6-10-22)27(33)20-14-23-11-7-4-8-12-23/h3-20,32H,1H2,2H3/b19-13+,20-14+,28-26?,31-30?. The fourth-order valence-corrected chi connectivity index (χ4v) is 2.74. The Morgan fingerprint density at radius 1 is 0.829 bits per heavy atom. The minimum atomic E-state index is -0.532. The Balaban J connectivity index is 1.85. The van der Waals surface area contributed by atoms with Gasteiger partial charge in [0.05, 0.1) is 5.69 Å². The number of carbonyl (C=O) groups is 2. The molecule has 0 saturated carbocycles. The van der Waals surface area contributed by atoms with E-state index >= 15 is 0 Å². The molecule has 0 fully saturated rings. The van der Waals surface area contributed by atoms with Crippen LogP contribution in [0.2, 0.25) is 0 Å². The van der Waals surface area contributed by atoms with Crippen molar-refractivity contribution in [1.82, 2.24) is 0 Å². The molecular weight excluding hydrogens is 440 g/mol. The van der Waals surface area contributed by atoms with Gasteiger partial charge in [0.15, 0.2) is 5.70 Å². The molecule has 0 aliphatic rings. The predicted molar refractivity (Wildman–Crippen MR) is 137 cm³/mol. The third-order valence-corrected chi connectivity index (χ3v) is 4.60. The number of allylic oxidation sites excluding steroid dienone is 2. The van der Waals surface area contributed by atoms with Crippen molar-refractivity contribution in [2.45, 2.75) is 6.92 Å². The Bertz CT molecular complexity index is 1300. The van der Waals surface area contributed by atoms with Gasteiger partial charge in [-0.05, 0) is 54.5 Å². The molecule has 0 spiro atoms. The van der Waals surface area contributed by atoms with E-state index in [1.54, 1.807) is 43.3 Å². The molecule has 0 unspecified atom stereocenters. The first-order chi connectivity index (χ1) is 16.9. The Hall–Kier alpha value is -4.84. The minimum Gasteiger partial charge on any atom is -0.505 e. The summed E-state index contributed by atoms with van der Waals surface area (Å²) in [6.45, 7) is 5.10. The van der Waals surface area contributed by atoms with Crippen LogP contribution < -0.4 is 4.74 Å². The first-order valence-corrected chi connectivity index (χ1v) is 10.8. The normalized spacial score (nSPS) is 12.1. The fourth-order valence-electron chi connectivity index (χ4n) is 2.74. The number of hydrogen-bond acceptors (Lipinski definition) is 6. The summed E-state index contributed by atoms with van der Waals surface area (Å²) < 4.78 is 5.15. The lowest BCUT2D eigenvalue weighted by atomic mass is 10.1. The Kier molecular flexibility index (Phi) is 8.79. The number of azo groups is 1. The van der Waals surface area contributed by atoms with Gasteiger partial charge in [0.2, 0.25) is 5.78 Å². The number of aliphatic hydroxyl groups is 1. The summed E-state index contributed by atoms with van der Waals surface area (Å²) in [5, 5.41) is 18.7. The number of benzene rings is 3. The van der Waals surface area contributed by atoms with Crippen molar-refractivity contribution in [2.75, 3.05) is 0 Å². The van der Waals surface area contributed by atoms with Gasteiger partial charge in [0, 0.05) is 5.57 Å². The fraction of sp³-hybridized carbons (Fsp3) is 0.0345. The van der Waals surface area contributed by atoms with E-state index < -0.39 is 11.8 Å². The zero-order valence-electron chi connectivity index (χ0n) is 19.2. The molecule has 35 heavy (non-hydrogen) atoms. The van der Waals surface area contributed by atoms with E-state index in [-0.39, 0.29) is 17.0 Å². The zero-order valence-corrected chi connectivity index (χ0v) is 19.2. The highest BCUT2D eigenvalue weighted by atomic mass is 16.5. The Morgan fingerprint density at radius 3 is 1.91 bits per heavy atom.